The first-order valence-electron chi connectivity index (χ1n) is 7.75. The van der Waals surface area contributed by atoms with Gasteiger partial charge in [-0.1, -0.05) is 0 Å². The Kier molecular flexibility index (Phi) is 4.13. The van der Waals surface area contributed by atoms with Crippen LogP contribution in [-0.4, -0.2) is 37.5 Å². The van der Waals surface area contributed by atoms with Gasteiger partial charge in [0, 0.05) is 30.5 Å². The molecule has 7 nitrogen and oxygen atoms in total. The van der Waals surface area contributed by atoms with Gasteiger partial charge < -0.3 is 10.2 Å². The molecule has 118 valence electrons. The van der Waals surface area contributed by atoms with Gasteiger partial charge in [0.1, 0.15) is 0 Å². The first-order valence-corrected chi connectivity index (χ1v) is 7.75. The van der Waals surface area contributed by atoms with Crippen LogP contribution in [0, 0.1) is 0 Å². The van der Waals surface area contributed by atoms with Crippen molar-refractivity contribution in [1.29, 1.82) is 0 Å². The van der Waals surface area contributed by atoms with Gasteiger partial charge in [0.05, 0.1) is 24.1 Å². The van der Waals surface area contributed by atoms with Crippen LogP contribution in [0.3, 0.4) is 0 Å². The van der Waals surface area contributed by atoms with E-state index in [1.165, 1.54) is 0 Å². The zero-order valence-corrected chi connectivity index (χ0v) is 13.0. The Balaban J connectivity index is 1.71. The van der Waals surface area contributed by atoms with Crippen LogP contribution in [0.2, 0.25) is 0 Å². The van der Waals surface area contributed by atoms with E-state index in [9.17, 15) is 4.79 Å². The highest BCUT2D eigenvalue weighted by molar-refractivity contribution is 5.89. The van der Waals surface area contributed by atoms with E-state index in [1.807, 2.05) is 22.0 Å². The number of rotatable bonds is 3. The molecule has 0 unspecified atom stereocenters. The molecule has 22 heavy (non-hydrogen) atoms. The largest absolute Gasteiger partial charge is 0.322 e. The van der Waals surface area contributed by atoms with E-state index >= 15 is 0 Å². The van der Waals surface area contributed by atoms with Crippen molar-refractivity contribution >= 4 is 11.7 Å². The summed E-state index contributed by atoms with van der Waals surface area (Å²) < 4.78 is 1.83. The predicted octanol–water partition coefficient (Wildman–Crippen LogP) is 2.95. The number of aromatic amines is 1. The van der Waals surface area contributed by atoms with Gasteiger partial charge in [-0.3, -0.25) is 9.78 Å². The maximum Gasteiger partial charge on any atom is 0.322 e. The molecule has 2 aromatic heterocycles. The monoisotopic (exact) mass is 302 g/mol. The fraction of sp³-hybridized carbons (Fsp3) is 0.533. The van der Waals surface area contributed by atoms with Gasteiger partial charge in [0.2, 0.25) is 0 Å². The highest BCUT2D eigenvalue weighted by Gasteiger charge is 2.28. The Hall–Kier alpha value is -2.31. The Morgan fingerprint density at radius 1 is 1.41 bits per heavy atom. The van der Waals surface area contributed by atoms with Gasteiger partial charge in [-0.25, -0.2) is 4.79 Å². The third-order valence-corrected chi connectivity index (χ3v) is 4.05. The molecule has 3 heterocycles. The van der Waals surface area contributed by atoms with Crippen molar-refractivity contribution in [1.82, 2.24) is 24.9 Å². The second-order valence-electron chi connectivity index (χ2n) is 5.97. The van der Waals surface area contributed by atoms with Crippen LogP contribution in [0.1, 0.15) is 50.8 Å². The molecule has 0 aromatic carbocycles. The Morgan fingerprint density at radius 2 is 2.27 bits per heavy atom. The van der Waals surface area contributed by atoms with Gasteiger partial charge in [0.25, 0.3) is 0 Å². The molecule has 0 bridgehead atoms. The van der Waals surface area contributed by atoms with Crippen molar-refractivity contribution in [2.24, 2.45) is 0 Å². The first kappa shape index (κ1) is 14.6. The fourth-order valence-corrected chi connectivity index (χ4v) is 2.84. The summed E-state index contributed by atoms with van der Waals surface area (Å²) in [5, 5.41) is 14.0. The number of likely N-dealkylation sites (tertiary alicyclic amines) is 1. The summed E-state index contributed by atoms with van der Waals surface area (Å²) in [6, 6.07) is 0.293. The molecule has 7 heteroatoms. The molecule has 1 fully saturated rings. The van der Waals surface area contributed by atoms with Crippen molar-refractivity contribution in [3.05, 3.63) is 30.4 Å². The SMILES string of the molecule is CC(C)n1cc(NC(=O)N2CCCC[C@@H]2c2cn[nH]c2)cn1. The number of urea groups is 1. The zero-order valence-electron chi connectivity index (χ0n) is 13.0. The standard InChI is InChI=1S/C15H22N6O/c1-11(2)21-10-13(9-18-21)19-15(22)20-6-4-3-5-14(20)12-7-16-17-8-12/h7-11,14H,3-6H2,1-2H3,(H,16,17)(H,19,22)/t14-/m1/s1. The number of hydrogen-bond donors (Lipinski definition) is 2. The molecule has 0 aliphatic carbocycles. The van der Waals surface area contributed by atoms with Crippen LogP contribution < -0.4 is 5.32 Å². The maximum absolute atomic E-state index is 12.6. The van der Waals surface area contributed by atoms with E-state index in [2.05, 4.69) is 34.5 Å². The van der Waals surface area contributed by atoms with Gasteiger partial charge in [-0.05, 0) is 33.1 Å². The third kappa shape index (κ3) is 2.98. The van der Waals surface area contributed by atoms with Gasteiger partial charge in [0.15, 0.2) is 0 Å². The molecule has 1 aliphatic heterocycles. The van der Waals surface area contributed by atoms with Crippen LogP contribution in [0.25, 0.3) is 0 Å². The number of nitrogens with one attached hydrogen (secondary N) is 2. The molecule has 0 spiro atoms. The van der Waals surface area contributed by atoms with Crippen molar-refractivity contribution in [3.8, 4) is 0 Å². The lowest BCUT2D eigenvalue weighted by Gasteiger charge is -2.35. The zero-order chi connectivity index (χ0) is 15.5. The quantitative estimate of drug-likeness (QED) is 0.915. The normalized spacial score (nSPS) is 18.7. The number of anilines is 1. The minimum absolute atomic E-state index is 0.0748. The van der Waals surface area contributed by atoms with Crippen LogP contribution in [0.5, 0.6) is 0 Å². The second kappa shape index (κ2) is 6.21. The summed E-state index contributed by atoms with van der Waals surface area (Å²) in [4.78, 5) is 14.5. The number of piperidine rings is 1. The van der Waals surface area contributed by atoms with E-state index < -0.39 is 0 Å². The molecule has 2 aromatic rings. The number of nitrogens with zero attached hydrogens (tertiary/aromatic N) is 4. The second-order valence-corrected chi connectivity index (χ2v) is 5.97. The fourth-order valence-electron chi connectivity index (χ4n) is 2.84. The third-order valence-electron chi connectivity index (χ3n) is 4.05. The number of amides is 2. The van der Waals surface area contributed by atoms with E-state index in [4.69, 9.17) is 0 Å². The molecule has 0 radical (unpaired) electrons. The van der Waals surface area contributed by atoms with E-state index in [1.54, 1.807) is 12.4 Å². The average Bonchev–Trinajstić information content (AvgIpc) is 3.18. The molecule has 1 saturated heterocycles. The average molecular weight is 302 g/mol. The van der Waals surface area contributed by atoms with E-state index in [0.29, 0.717) is 0 Å². The van der Waals surface area contributed by atoms with E-state index in [-0.39, 0.29) is 18.1 Å². The van der Waals surface area contributed by atoms with Crippen molar-refractivity contribution in [3.63, 3.8) is 0 Å². The minimum atomic E-state index is -0.0748. The summed E-state index contributed by atoms with van der Waals surface area (Å²) in [5.41, 5.74) is 1.79. The van der Waals surface area contributed by atoms with Crippen molar-refractivity contribution in [2.75, 3.05) is 11.9 Å². The maximum atomic E-state index is 12.6. The van der Waals surface area contributed by atoms with Gasteiger partial charge in [-0.2, -0.15) is 10.2 Å². The molecular weight excluding hydrogens is 280 g/mol. The number of H-pyrrole nitrogens is 1. The number of hydrogen-bond acceptors (Lipinski definition) is 3. The molecule has 2 amide bonds. The lowest BCUT2D eigenvalue weighted by molar-refractivity contribution is 0.163. The summed E-state index contributed by atoms with van der Waals surface area (Å²) in [6.45, 7) is 4.87. The molecule has 0 saturated carbocycles. The van der Waals surface area contributed by atoms with Gasteiger partial charge >= 0.3 is 6.03 Å². The van der Waals surface area contributed by atoms with Gasteiger partial charge in [-0.15, -0.1) is 0 Å². The molecule has 3 rings (SSSR count). The molecule has 1 atom stereocenters. The highest BCUT2D eigenvalue weighted by Crippen LogP contribution is 2.30. The smallest absolute Gasteiger partial charge is 0.317 e. The number of aromatic nitrogens is 4. The number of carbonyl (C=O) groups excluding carboxylic acids is 1. The molecule has 1 aliphatic rings. The topological polar surface area (TPSA) is 78.8 Å². The Bertz CT molecular complexity index is 618. The molecule has 2 N–H and O–H groups in total. The lowest BCUT2D eigenvalue weighted by atomic mass is 9.98. The predicted molar refractivity (Wildman–Crippen MR) is 83.5 cm³/mol. The Labute approximate surface area is 129 Å². The summed E-state index contributed by atoms with van der Waals surface area (Å²) in [7, 11) is 0. The van der Waals surface area contributed by atoms with Crippen LogP contribution in [0.4, 0.5) is 10.5 Å². The van der Waals surface area contributed by atoms with E-state index in [0.717, 1.165) is 37.1 Å². The lowest BCUT2D eigenvalue weighted by Crippen LogP contribution is -2.41. The summed E-state index contributed by atoms with van der Waals surface area (Å²) >= 11 is 0. The van der Waals surface area contributed by atoms with Crippen molar-refractivity contribution in [2.45, 2.75) is 45.2 Å². The van der Waals surface area contributed by atoms with Crippen LogP contribution >= 0.6 is 0 Å². The van der Waals surface area contributed by atoms with Crippen molar-refractivity contribution < 1.29 is 4.79 Å². The summed E-state index contributed by atoms with van der Waals surface area (Å²) in [5.74, 6) is 0. The highest BCUT2D eigenvalue weighted by atomic mass is 16.2. The van der Waals surface area contributed by atoms with Crippen LogP contribution in [0.15, 0.2) is 24.8 Å². The first-order chi connectivity index (χ1) is 10.6. The van der Waals surface area contributed by atoms with Crippen LogP contribution in [-0.2, 0) is 0 Å². The molecular formula is C15H22N6O. The minimum Gasteiger partial charge on any atom is -0.317 e. The number of carbonyl (C=O) groups is 1. The summed E-state index contributed by atoms with van der Waals surface area (Å²) in [6.07, 6.45) is 10.4. The Morgan fingerprint density at radius 3 is 2.95 bits per heavy atom.